The second kappa shape index (κ2) is 5.18. The van der Waals surface area contributed by atoms with Crippen LogP contribution in [-0.4, -0.2) is 13.4 Å². The molecule has 5 nitrogen and oxygen atoms in total. The first-order chi connectivity index (χ1) is 11.0. The average Bonchev–Trinajstić information content (AvgIpc) is 3.03. The van der Waals surface area contributed by atoms with Crippen molar-refractivity contribution < 1.29 is 8.42 Å². The fraction of sp³-hybridized carbons (Fsp3) is 0.235. The largest absolute Gasteiger partial charge is 0.378 e. The minimum Gasteiger partial charge on any atom is -0.378 e. The number of nitrogens with two attached hydrogens (primary N) is 1. The standard InChI is InChI=1S/C17H17N3O2S/c18-23(21,22)12-4-5-16-15(10-12)13-2-1-3-14(13)17(20-16)11-6-8-19-9-7-11/h1-2,4-10,13-14,17,20H,3H2,(H2,18,21,22). The summed E-state index contributed by atoms with van der Waals surface area (Å²) in [7, 11) is -3.69. The zero-order valence-electron chi connectivity index (χ0n) is 12.4. The Morgan fingerprint density at radius 1 is 1.17 bits per heavy atom. The summed E-state index contributed by atoms with van der Waals surface area (Å²) in [6.07, 6.45) is 8.90. The highest BCUT2D eigenvalue weighted by Gasteiger charge is 2.38. The number of primary sulfonamides is 1. The van der Waals surface area contributed by atoms with Gasteiger partial charge in [-0.15, -0.1) is 0 Å². The Balaban J connectivity index is 1.81. The van der Waals surface area contributed by atoms with Gasteiger partial charge in [0.15, 0.2) is 0 Å². The van der Waals surface area contributed by atoms with Crippen LogP contribution in [0.2, 0.25) is 0 Å². The Morgan fingerprint density at radius 2 is 1.96 bits per heavy atom. The third-order valence-corrected chi connectivity index (χ3v) is 5.64. The Morgan fingerprint density at radius 3 is 2.70 bits per heavy atom. The van der Waals surface area contributed by atoms with Crippen LogP contribution in [0.1, 0.15) is 29.5 Å². The van der Waals surface area contributed by atoms with Gasteiger partial charge in [0.1, 0.15) is 0 Å². The lowest BCUT2D eigenvalue weighted by Crippen LogP contribution is -2.29. The molecule has 1 aliphatic carbocycles. The molecule has 1 aliphatic heterocycles. The molecule has 118 valence electrons. The van der Waals surface area contributed by atoms with E-state index in [0.717, 1.165) is 17.7 Å². The van der Waals surface area contributed by atoms with Gasteiger partial charge >= 0.3 is 0 Å². The number of nitrogens with one attached hydrogen (secondary N) is 1. The van der Waals surface area contributed by atoms with E-state index in [1.54, 1.807) is 24.5 Å². The van der Waals surface area contributed by atoms with E-state index in [2.05, 4.69) is 22.5 Å². The van der Waals surface area contributed by atoms with Gasteiger partial charge in [-0.25, -0.2) is 13.6 Å². The quantitative estimate of drug-likeness (QED) is 0.830. The molecule has 23 heavy (non-hydrogen) atoms. The summed E-state index contributed by atoms with van der Waals surface area (Å²) >= 11 is 0. The first kappa shape index (κ1) is 14.4. The van der Waals surface area contributed by atoms with Gasteiger partial charge in [0.25, 0.3) is 0 Å². The summed E-state index contributed by atoms with van der Waals surface area (Å²) in [6, 6.07) is 9.31. The van der Waals surface area contributed by atoms with Crippen LogP contribution in [0, 0.1) is 5.92 Å². The summed E-state index contributed by atoms with van der Waals surface area (Å²) in [5.74, 6) is 0.562. The van der Waals surface area contributed by atoms with E-state index in [-0.39, 0.29) is 16.9 Å². The van der Waals surface area contributed by atoms with Crippen molar-refractivity contribution >= 4 is 15.7 Å². The molecule has 3 unspecified atom stereocenters. The first-order valence-corrected chi connectivity index (χ1v) is 9.08. The molecule has 6 heteroatoms. The molecule has 2 heterocycles. The van der Waals surface area contributed by atoms with Gasteiger partial charge in [-0.05, 0) is 53.8 Å². The lowest BCUT2D eigenvalue weighted by molar-refractivity contribution is 0.425. The molecule has 4 rings (SSSR count). The summed E-state index contributed by atoms with van der Waals surface area (Å²) in [5, 5.41) is 8.83. The van der Waals surface area contributed by atoms with Crippen LogP contribution in [0.25, 0.3) is 0 Å². The molecule has 1 aromatic heterocycles. The molecule has 0 amide bonds. The van der Waals surface area contributed by atoms with Crippen LogP contribution in [0.3, 0.4) is 0 Å². The number of sulfonamides is 1. The molecule has 0 saturated heterocycles. The fourth-order valence-corrected chi connectivity index (χ4v) is 4.20. The van der Waals surface area contributed by atoms with Gasteiger partial charge in [0.05, 0.1) is 10.9 Å². The first-order valence-electron chi connectivity index (χ1n) is 7.54. The lowest BCUT2D eigenvalue weighted by atomic mass is 9.77. The number of hydrogen-bond donors (Lipinski definition) is 2. The van der Waals surface area contributed by atoms with E-state index in [9.17, 15) is 8.42 Å². The van der Waals surface area contributed by atoms with Crippen LogP contribution in [0.15, 0.2) is 59.8 Å². The Hall–Kier alpha value is -2.18. The van der Waals surface area contributed by atoms with Gasteiger partial charge in [0.2, 0.25) is 10.0 Å². The second-order valence-electron chi connectivity index (χ2n) is 6.05. The molecule has 0 spiro atoms. The number of hydrogen-bond acceptors (Lipinski definition) is 4. The van der Waals surface area contributed by atoms with Crippen LogP contribution >= 0.6 is 0 Å². The number of fused-ring (bicyclic) bond motifs is 3. The van der Waals surface area contributed by atoms with Crippen LogP contribution in [0.5, 0.6) is 0 Å². The number of anilines is 1. The van der Waals surface area contributed by atoms with Crippen molar-refractivity contribution in [1.82, 2.24) is 4.98 Å². The molecule has 0 bridgehead atoms. The maximum Gasteiger partial charge on any atom is 0.238 e. The van der Waals surface area contributed by atoms with E-state index in [0.29, 0.717) is 5.92 Å². The number of aromatic nitrogens is 1. The van der Waals surface area contributed by atoms with Gasteiger partial charge in [-0.2, -0.15) is 0 Å². The molecule has 2 aromatic rings. The summed E-state index contributed by atoms with van der Waals surface area (Å²) < 4.78 is 23.3. The van der Waals surface area contributed by atoms with Crippen LogP contribution < -0.4 is 10.5 Å². The minimum absolute atomic E-state index is 0.166. The van der Waals surface area contributed by atoms with Gasteiger partial charge in [0, 0.05) is 24.0 Å². The smallest absolute Gasteiger partial charge is 0.238 e. The van der Waals surface area contributed by atoms with Gasteiger partial charge < -0.3 is 5.32 Å². The summed E-state index contributed by atoms with van der Waals surface area (Å²) in [4.78, 5) is 4.25. The number of benzene rings is 1. The lowest BCUT2D eigenvalue weighted by Gasteiger charge is -2.37. The van der Waals surface area contributed by atoms with E-state index < -0.39 is 10.0 Å². The van der Waals surface area contributed by atoms with Crippen molar-refractivity contribution in [2.45, 2.75) is 23.3 Å². The average molecular weight is 327 g/mol. The molecular weight excluding hydrogens is 310 g/mol. The third-order valence-electron chi connectivity index (χ3n) is 4.73. The van der Waals surface area contributed by atoms with E-state index in [4.69, 9.17) is 5.14 Å². The van der Waals surface area contributed by atoms with Gasteiger partial charge in [-0.1, -0.05) is 12.2 Å². The zero-order chi connectivity index (χ0) is 16.0. The number of rotatable bonds is 2. The highest BCUT2D eigenvalue weighted by molar-refractivity contribution is 7.89. The zero-order valence-corrected chi connectivity index (χ0v) is 13.2. The minimum atomic E-state index is -3.69. The van der Waals surface area contributed by atoms with E-state index >= 15 is 0 Å². The Kier molecular flexibility index (Phi) is 3.25. The van der Waals surface area contributed by atoms with Crippen molar-refractivity contribution in [3.05, 3.63) is 66.0 Å². The van der Waals surface area contributed by atoms with Crippen molar-refractivity contribution in [2.75, 3.05) is 5.32 Å². The third kappa shape index (κ3) is 2.44. The normalized spacial score (nSPS) is 25.5. The van der Waals surface area contributed by atoms with Crippen molar-refractivity contribution in [3.63, 3.8) is 0 Å². The topological polar surface area (TPSA) is 85.1 Å². The predicted octanol–water partition coefficient (Wildman–Crippen LogP) is 2.56. The SMILES string of the molecule is NS(=O)(=O)c1ccc2c(c1)C1C=CCC1C(c1ccncc1)N2. The molecule has 0 fully saturated rings. The highest BCUT2D eigenvalue weighted by Crippen LogP contribution is 2.49. The summed E-state index contributed by atoms with van der Waals surface area (Å²) in [5.41, 5.74) is 3.16. The highest BCUT2D eigenvalue weighted by atomic mass is 32.2. The van der Waals surface area contributed by atoms with Crippen molar-refractivity contribution in [1.29, 1.82) is 0 Å². The monoisotopic (exact) mass is 327 g/mol. The molecule has 2 aliphatic rings. The molecule has 0 radical (unpaired) electrons. The molecule has 1 aromatic carbocycles. The molecule has 3 atom stereocenters. The Bertz CT molecular complexity index is 878. The number of nitrogens with zero attached hydrogens (tertiary/aromatic N) is 1. The maximum absolute atomic E-state index is 11.6. The van der Waals surface area contributed by atoms with Crippen LogP contribution in [-0.2, 0) is 10.0 Å². The van der Waals surface area contributed by atoms with Crippen molar-refractivity contribution in [2.24, 2.45) is 11.1 Å². The van der Waals surface area contributed by atoms with E-state index in [1.165, 1.54) is 5.56 Å². The summed E-state index contributed by atoms with van der Waals surface area (Å²) in [6.45, 7) is 0. The second-order valence-corrected chi connectivity index (χ2v) is 7.61. The maximum atomic E-state index is 11.6. The van der Waals surface area contributed by atoms with E-state index in [1.807, 2.05) is 18.2 Å². The Labute approximate surface area is 135 Å². The molecular formula is C17H17N3O2S. The number of allylic oxidation sites excluding steroid dienone is 2. The van der Waals surface area contributed by atoms with Crippen molar-refractivity contribution in [3.8, 4) is 0 Å². The molecule has 3 N–H and O–H groups in total. The molecule has 0 saturated carbocycles. The fourth-order valence-electron chi connectivity index (χ4n) is 3.65. The number of pyridine rings is 1. The predicted molar refractivity (Wildman–Crippen MR) is 88.4 cm³/mol. The van der Waals surface area contributed by atoms with Crippen LogP contribution in [0.4, 0.5) is 5.69 Å². The van der Waals surface area contributed by atoms with Gasteiger partial charge in [-0.3, -0.25) is 4.98 Å².